The minimum Gasteiger partial charge on any atom is -0.398 e. The molecule has 2 radical (unpaired) electrons. The number of nitrogens with zero attached hydrogens (tertiary/aromatic N) is 5. The molecule has 0 amide bonds. The summed E-state index contributed by atoms with van der Waals surface area (Å²) in [5.74, 6) is 2.57. The summed E-state index contributed by atoms with van der Waals surface area (Å²) in [6.07, 6.45) is 7.02. The second-order valence-corrected chi connectivity index (χ2v) is 30.4. The summed E-state index contributed by atoms with van der Waals surface area (Å²) < 4.78 is 1.93. The summed E-state index contributed by atoms with van der Waals surface area (Å²) in [6.45, 7) is 2.52. The van der Waals surface area contributed by atoms with Crippen LogP contribution >= 0.6 is 216 Å². The van der Waals surface area contributed by atoms with Gasteiger partial charge in [-0.25, -0.2) is 0 Å². The van der Waals surface area contributed by atoms with Gasteiger partial charge in [0.2, 0.25) is 0 Å². The van der Waals surface area contributed by atoms with E-state index in [-0.39, 0.29) is 67.2 Å². The van der Waals surface area contributed by atoms with Gasteiger partial charge < -0.3 is 52.1 Å². The van der Waals surface area contributed by atoms with E-state index in [0.717, 1.165) is 40.6 Å². The van der Waals surface area contributed by atoms with Crippen LogP contribution in [0.4, 0.5) is 28.4 Å². The van der Waals surface area contributed by atoms with Crippen molar-refractivity contribution in [2.45, 2.75) is 19.6 Å². The number of rotatable bonds is 12. The van der Waals surface area contributed by atoms with E-state index >= 15 is 0 Å². The molecule has 0 aromatic heterocycles. The number of nitrogens with one attached hydrogen (secondary N) is 2. The van der Waals surface area contributed by atoms with Crippen LogP contribution in [0.1, 0.15) is 32.6 Å². The minimum absolute atomic E-state index is 0. The Hall–Kier alpha value is 0.409. The van der Waals surface area contributed by atoms with Crippen molar-refractivity contribution in [3.63, 3.8) is 0 Å². The summed E-state index contributed by atoms with van der Waals surface area (Å²) in [4.78, 5) is 51.1. The third-order valence-corrected chi connectivity index (χ3v) is 8.93. The molecule has 0 unspecified atom stereocenters. The van der Waals surface area contributed by atoms with Gasteiger partial charge in [-0.2, -0.15) is 0 Å². The van der Waals surface area contributed by atoms with Crippen LogP contribution in [-0.2, 0) is 56.7 Å². The third-order valence-electron chi connectivity index (χ3n) is 7.75. The average Bonchev–Trinajstić information content (AvgIpc) is 3.34. The van der Waals surface area contributed by atoms with E-state index in [1.807, 2.05) is 64.7 Å². The first-order chi connectivity index (χ1) is 35.0. The van der Waals surface area contributed by atoms with E-state index in [4.69, 9.17) is 75.9 Å². The molecule has 0 fully saturated rings. The Labute approximate surface area is 597 Å². The maximum absolute atomic E-state index is 10.5. The maximum Gasteiger partial charge on any atom is 0.279 e. The van der Waals surface area contributed by atoms with E-state index < -0.39 is 14.8 Å². The van der Waals surface area contributed by atoms with Crippen LogP contribution in [0.25, 0.3) is 0 Å². The van der Waals surface area contributed by atoms with Crippen molar-refractivity contribution in [3.8, 4) is 12.3 Å². The standard InChI is InChI=1S/C11H13ClN2.C8H9ClN2O2.C8H7ClN2O2.C8H11ClN2.C7H4ClNO3.CHI3.CH2I2.CH3I.CH2I.CH3.2V/c1-3-6-14(2)8-9-7-10(12)4-5-11(9)13;2*1-10-5-6-4-7(9)2-3-8(6)11(12)13;1-11-5-6-4-7(9)2-3-8(6)10;8-6-1-2-7(9(11)12)5(3-6)4-10;2-1(3)4;2-1-3;2*1-2;;;/h1,4-5,7H,6,8,13H2,2H3;2-4,10H,5H2,1H3;2-5H,1H3;2-4,11H,5,10H2,1H3;1-4H;1H;1H2;1H3;1H2;1H3;;/q;;;;;;;;2*-1;;. The number of hydrogen-bond acceptors (Lipinski definition) is 13. The Morgan fingerprint density at radius 1 is 0.675 bits per heavy atom. The molecule has 77 heavy (non-hydrogen) atoms. The number of nitrogen functional groups attached to an aromatic ring is 2. The zero-order valence-corrected chi connectivity index (χ0v) is 63.6. The Kier molecular flexibility index (Phi) is 68.9. The number of nitro benzene ring substituents is 3. The molecule has 5 aromatic rings. The van der Waals surface area contributed by atoms with E-state index in [1.54, 1.807) is 38.4 Å². The SMILES string of the molecule is C#CCN(C)Cc1cc(Cl)ccc1N.CI.CN=Cc1cc(Cl)ccc1[N+](=O)[O-].CNCc1cc(Cl)ccc1N.CNCc1cc(Cl)ccc1[N+](=O)[O-].IC(I)I.ICI.O=Cc1cc(Cl)ccc1[N+](=O)[O-].[CH2-]I.[CH3-].[V].[V]. The van der Waals surface area contributed by atoms with Gasteiger partial charge in [-0.05, 0) is 110 Å². The molecular weight excluding hydrogens is 1970 g/mol. The van der Waals surface area contributed by atoms with Crippen LogP contribution in [0.5, 0.6) is 0 Å². The van der Waals surface area contributed by atoms with E-state index in [1.165, 1.54) is 57.2 Å². The molecule has 5 aromatic carbocycles. The molecule has 0 bridgehead atoms. The van der Waals surface area contributed by atoms with E-state index in [2.05, 4.69) is 162 Å². The smallest absolute Gasteiger partial charge is 0.279 e. The summed E-state index contributed by atoms with van der Waals surface area (Å²) >= 11 is 44.1. The fraction of sp³-hybridized carbons (Fsp3) is 0.234. The quantitative estimate of drug-likeness (QED) is 0.0105. The van der Waals surface area contributed by atoms with Crippen LogP contribution in [0.2, 0.25) is 25.1 Å². The van der Waals surface area contributed by atoms with Gasteiger partial charge in [0.15, 0.2) is 6.29 Å². The number of anilines is 2. The molecular formula is C47H55Cl5I7N9O7V2-2. The van der Waals surface area contributed by atoms with Crippen molar-refractivity contribution >= 4 is 257 Å². The number of terminal acetylenes is 1. The van der Waals surface area contributed by atoms with Crippen molar-refractivity contribution < 1.29 is 56.7 Å². The number of aliphatic imine (C=N–C) groups is 1. The van der Waals surface area contributed by atoms with Crippen LogP contribution in [0.15, 0.2) is 96.0 Å². The van der Waals surface area contributed by atoms with Gasteiger partial charge in [0.25, 0.3) is 17.1 Å². The molecule has 0 aliphatic heterocycles. The summed E-state index contributed by atoms with van der Waals surface area (Å²) in [5, 5.41) is 39.9. The number of carbonyl (C=O) groups excluding carboxylic acids is 1. The van der Waals surface area contributed by atoms with Gasteiger partial charge in [0.05, 0.1) is 34.9 Å². The first-order valence-electron chi connectivity index (χ1n) is 19.8. The molecule has 0 heterocycles. The second-order valence-electron chi connectivity index (χ2n) is 12.9. The number of aldehydes is 1. The summed E-state index contributed by atoms with van der Waals surface area (Å²) in [7, 11) is 7.09. The number of halogens is 12. The van der Waals surface area contributed by atoms with Crippen molar-refractivity contribution in [1.29, 1.82) is 0 Å². The van der Waals surface area contributed by atoms with Crippen LogP contribution in [0, 0.1) is 55.0 Å². The third kappa shape index (κ3) is 46.5. The molecule has 16 nitrogen and oxygen atoms in total. The first-order valence-corrected chi connectivity index (χ1v) is 32.2. The molecule has 0 spiro atoms. The number of hydrogen-bond donors (Lipinski definition) is 4. The largest absolute Gasteiger partial charge is 0.398 e. The van der Waals surface area contributed by atoms with Gasteiger partial charge in [-0.15, -0.1) is 6.42 Å². The molecule has 0 atom stereocenters. The van der Waals surface area contributed by atoms with Crippen molar-refractivity contribution in [1.82, 2.24) is 15.5 Å². The predicted octanol–water partition coefficient (Wildman–Crippen LogP) is 17.1. The van der Waals surface area contributed by atoms with Crippen LogP contribution in [-0.4, -0.2) is 74.2 Å². The topological polar surface area (TPSA) is 238 Å². The first kappa shape index (κ1) is 91.2. The summed E-state index contributed by atoms with van der Waals surface area (Å²) in [5.41, 5.74) is 15.9. The second kappa shape index (κ2) is 58.2. The number of nitrogens with two attached hydrogens (primary N) is 2. The molecule has 5 rings (SSSR count). The Balaban J connectivity index is -0.000000150. The maximum atomic E-state index is 10.5. The van der Waals surface area contributed by atoms with Gasteiger partial charge in [0, 0.05) is 130 Å². The molecule has 426 valence electrons. The number of carbonyl (C=O) groups is 1. The van der Waals surface area contributed by atoms with E-state index in [9.17, 15) is 35.1 Å². The molecule has 0 aliphatic rings. The van der Waals surface area contributed by atoms with Gasteiger partial charge in [-0.1, -0.05) is 199 Å². The predicted molar refractivity (Wildman–Crippen MR) is 380 cm³/mol. The molecule has 0 saturated carbocycles. The zero-order chi connectivity index (χ0) is 57.9. The number of alkyl halides is 6. The van der Waals surface area contributed by atoms with Crippen LogP contribution in [0.3, 0.4) is 0 Å². The summed E-state index contributed by atoms with van der Waals surface area (Å²) in [6, 6.07) is 23.6. The fourth-order valence-electron chi connectivity index (χ4n) is 4.92. The van der Waals surface area contributed by atoms with Crippen molar-refractivity contribution in [2.75, 3.05) is 53.6 Å². The van der Waals surface area contributed by atoms with E-state index in [0.29, 0.717) is 50.6 Å². The molecule has 30 heteroatoms. The van der Waals surface area contributed by atoms with Crippen molar-refractivity contribution in [2.24, 2.45) is 4.99 Å². The monoisotopic (exact) mass is 2020 g/mol. The zero-order valence-electron chi connectivity index (χ0n) is 41.9. The normalized spacial score (nSPS) is 9.08. The minimum atomic E-state index is -0.625. The van der Waals surface area contributed by atoms with Crippen LogP contribution < -0.4 is 22.1 Å². The van der Waals surface area contributed by atoms with Gasteiger partial charge >= 0.3 is 0 Å². The van der Waals surface area contributed by atoms with Crippen molar-refractivity contribution in [3.05, 3.63) is 187 Å². The Morgan fingerprint density at radius 2 is 0.987 bits per heavy atom. The van der Waals surface area contributed by atoms with Gasteiger partial charge in [-0.3, -0.25) is 50.0 Å². The molecule has 0 saturated heterocycles. The van der Waals surface area contributed by atoms with Gasteiger partial charge in [0.1, 0.15) is -0.0619 Å². The Morgan fingerprint density at radius 3 is 1.35 bits per heavy atom. The number of nitro groups is 3. The average molecular weight is 2030 g/mol. The molecule has 6 N–H and O–H groups in total. The fourth-order valence-corrected chi connectivity index (χ4v) is 5.86. The molecule has 0 aliphatic carbocycles. The Bertz CT molecular complexity index is 2520. The number of benzene rings is 5.